The smallest absolute Gasteiger partial charge is 0.340 e. The maximum atomic E-state index is 11.7. The van der Waals surface area contributed by atoms with Crippen molar-refractivity contribution in [1.82, 2.24) is 4.98 Å². The highest BCUT2D eigenvalue weighted by molar-refractivity contribution is 7.87. The molecule has 0 saturated carbocycles. The predicted octanol–water partition coefficient (Wildman–Crippen LogP) is 2.27. The molecule has 0 atom stereocenters. The fourth-order valence-corrected chi connectivity index (χ4v) is 2.04. The Bertz CT molecular complexity index is 558. The molecule has 90 valence electrons. The van der Waals surface area contributed by atoms with Crippen molar-refractivity contribution in [2.24, 2.45) is 0 Å². The third-order valence-corrected chi connectivity index (χ3v) is 3.10. The molecule has 0 unspecified atom stereocenters. The molecule has 0 amide bonds. The van der Waals surface area contributed by atoms with Gasteiger partial charge >= 0.3 is 10.1 Å². The summed E-state index contributed by atoms with van der Waals surface area (Å²) in [6.07, 6.45) is 2.75. The van der Waals surface area contributed by atoms with Gasteiger partial charge in [0, 0.05) is 12.4 Å². The second-order valence-corrected chi connectivity index (χ2v) is 4.59. The Kier molecular flexibility index (Phi) is 4.48. The highest BCUT2D eigenvalue weighted by atomic mass is 35.5. The molecule has 0 spiro atoms. The molecular formula is C11H10ClNO3S. The van der Waals surface area contributed by atoms with Crippen LogP contribution in [0.2, 0.25) is 0 Å². The normalized spacial score (nSPS) is 10.4. The summed E-state index contributed by atoms with van der Waals surface area (Å²) in [6, 6.07) is 11.3. The fraction of sp³-hybridized carbons (Fsp3) is 0. The van der Waals surface area contributed by atoms with Crippen LogP contribution in [0.1, 0.15) is 0 Å². The van der Waals surface area contributed by atoms with Crippen molar-refractivity contribution in [1.29, 1.82) is 0 Å². The molecule has 0 bridgehead atoms. The molecule has 4 nitrogen and oxygen atoms in total. The Morgan fingerprint density at radius 1 is 1.00 bits per heavy atom. The van der Waals surface area contributed by atoms with Crippen molar-refractivity contribution in [2.45, 2.75) is 4.90 Å². The van der Waals surface area contributed by atoms with Crippen LogP contribution < -0.4 is 4.18 Å². The average molecular weight is 272 g/mol. The molecule has 0 aliphatic rings. The summed E-state index contributed by atoms with van der Waals surface area (Å²) in [5.74, 6) is 0.284. The van der Waals surface area contributed by atoms with Gasteiger partial charge in [-0.2, -0.15) is 8.42 Å². The summed E-state index contributed by atoms with van der Waals surface area (Å²) in [7, 11) is -3.78. The highest BCUT2D eigenvalue weighted by Gasteiger charge is 2.15. The zero-order chi connectivity index (χ0) is 11.4. The van der Waals surface area contributed by atoms with E-state index in [1.54, 1.807) is 36.4 Å². The molecule has 1 aromatic heterocycles. The lowest BCUT2D eigenvalue weighted by atomic mass is 10.3. The van der Waals surface area contributed by atoms with Crippen LogP contribution in [0.25, 0.3) is 0 Å². The molecule has 0 aliphatic carbocycles. The van der Waals surface area contributed by atoms with Crippen molar-refractivity contribution in [3.63, 3.8) is 0 Å². The molecule has 6 heteroatoms. The van der Waals surface area contributed by atoms with Gasteiger partial charge in [0.05, 0.1) is 0 Å². The van der Waals surface area contributed by atoms with Gasteiger partial charge < -0.3 is 4.18 Å². The zero-order valence-electron chi connectivity index (χ0n) is 8.68. The highest BCUT2D eigenvalue weighted by Crippen LogP contribution is 2.16. The van der Waals surface area contributed by atoms with E-state index in [1.165, 1.54) is 18.5 Å². The maximum Gasteiger partial charge on any atom is 0.340 e. The van der Waals surface area contributed by atoms with Crippen LogP contribution in [0.5, 0.6) is 5.75 Å². The number of hydrogen-bond donors (Lipinski definition) is 0. The van der Waals surface area contributed by atoms with E-state index in [1.807, 2.05) is 0 Å². The summed E-state index contributed by atoms with van der Waals surface area (Å²) in [5.41, 5.74) is 0. The summed E-state index contributed by atoms with van der Waals surface area (Å²) in [5, 5.41) is 0. The summed E-state index contributed by atoms with van der Waals surface area (Å²) in [4.78, 5) is 3.77. The molecular weight excluding hydrogens is 262 g/mol. The van der Waals surface area contributed by atoms with Crippen molar-refractivity contribution >= 4 is 22.5 Å². The minimum absolute atomic E-state index is 0. The largest absolute Gasteiger partial charge is 0.379 e. The van der Waals surface area contributed by atoms with Crippen LogP contribution in [-0.2, 0) is 10.1 Å². The van der Waals surface area contributed by atoms with Crippen LogP contribution in [0.15, 0.2) is 59.8 Å². The Labute approximate surface area is 106 Å². The third kappa shape index (κ3) is 3.44. The number of pyridine rings is 1. The lowest BCUT2D eigenvalue weighted by Crippen LogP contribution is -2.09. The van der Waals surface area contributed by atoms with E-state index in [0.717, 1.165) is 0 Å². The summed E-state index contributed by atoms with van der Waals surface area (Å²) in [6.45, 7) is 0. The molecule has 2 aromatic rings. The number of rotatable bonds is 3. The van der Waals surface area contributed by atoms with Gasteiger partial charge in [-0.1, -0.05) is 18.2 Å². The molecule has 0 fully saturated rings. The lowest BCUT2D eigenvalue weighted by Gasteiger charge is -2.05. The number of aromatic nitrogens is 1. The van der Waals surface area contributed by atoms with Gasteiger partial charge in [0.25, 0.3) is 0 Å². The first-order valence-electron chi connectivity index (χ1n) is 4.58. The van der Waals surface area contributed by atoms with Gasteiger partial charge in [-0.15, -0.1) is 12.4 Å². The van der Waals surface area contributed by atoms with E-state index < -0.39 is 10.1 Å². The molecule has 1 aromatic carbocycles. The minimum atomic E-state index is -3.78. The average Bonchev–Trinajstić information content (AvgIpc) is 2.31. The monoisotopic (exact) mass is 271 g/mol. The van der Waals surface area contributed by atoms with Crippen LogP contribution in [-0.4, -0.2) is 13.4 Å². The molecule has 1 heterocycles. The minimum Gasteiger partial charge on any atom is -0.379 e. The van der Waals surface area contributed by atoms with Crippen molar-refractivity contribution in [3.8, 4) is 5.75 Å². The van der Waals surface area contributed by atoms with E-state index >= 15 is 0 Å². The van der Waals surface area contributed by atoms with Crippen LogP contribution >= 0.6 is 12.4 Å². The second kappa shape index (κ2) is 5.65. The summed E-state index contributed by atoms with van der Waals surface area (Å²) < 4.78 is 28.4. The lowest BCUT2D eigenvalue weighted by molar-refractivity contribution is 0.485. The first-order chi connectivity index (χ1) is 7.68. The topological polar surface area (TPSA) is 56.3 Å². The van der Waals surface area contributed by atoms with Gasteiger partial charge in [0.2, 0.25) is 0 Å². The number of benzene rings is 1. The first kappa shape index (κ1) is 13.5. The van der Waals surface area contributed by atoms with E-state index in [0.29, 0.717) is 0 Å². The van der Waals surface area contributed by atoms with Crippen molar-refractivity contribution in [3.05, 3.63) is 54.9 Å². The first-order valence-corrected chi connectivity index (χ1v) is 5.99. The van der Waals surface area contributed by atoms with Gasteiger partial charge in [0.15, 0.2) is 0 Å². The van der Waals surface area contributed by atoms with Crippen LogP contribution in [0.4, 0.5) is 0 Å². The summed E-state index contributed by atoms with van der Waals surface area (Å²) >= 11 is 0. The second-order valence-electron chi connectivity index (χ2n) is 3.04. The number of hydrogen-bond acceptors (Lipinski definition) is 4. The number of para-hydroxylation sites is 1. The Morgan fingerprint density at radius 3 is 2.29 bits per heavy atom. The Morgan fingerprint density at radius 2 is 1.71 bits per heavy atom. The molecule has 0 saturated heterocycles. The van der Waals surface area contributed by atoms with E-state index in [9.17, 15) is 8.42 Å². The zero-order valence-corrected chi connectivity index (χ0v) is 10.3. The predicted molar refractivity (Wildman–Crippen MR) is 65.7 cm³/mol. The standard InChI is InChI=1S/C11H9NO3S.ClH/c13-16(14,11-7-4-8-12-9-11)15-10-5-2-1-3-6-10;/h1-9H;1H. The van der Waals surface area contributed by atoms with E-state index in [2.05, 4.69) is 4.98 Å². The molecule has 0 aliphatic heterocycles. The van der Waals surface area contributed by atoms with E-state index in [4.69, 9.17) is 4.18 Å². The quantitative estimate of drug-likeness (QED) is 0.804. The van der Waals surface area contributed by atoms with Crippen molar-refractivity contribution in [2.75, 3.05) is 0 Å². The molecule has 2 rings (SSSR count). The SMILES string of the molecule is Cl.O=S(=O)(Oc1ccccc1)c1cccnc1. The van der Waals surface area contributed by atoms with Gasteiger partial charge in [-0.25, -0.2) is 0 Å². The Hall–Kier alpha value is -1.59. The maximum absolute atomic E-state index is 11.7. The van der Waals surface area contributed by atoms with E-state index in [-0.39, 0.29) is 23.1 Å². The molecule has 0 radical (unpaired) electrons. The third-order valence-electron chi connectivity index (χ3n) is 1.87. The number of nitrogens with zero attached hydrogens (tertiary/aromatic N) is 1. The van der Waals surface area contributed by atoms with Crippen molar-refractivity contribution < 1.29 is 12.6 Å². The fourth-order valence-electron chi connectivity index (χ4n) is 1.15. The number of halogens is 1. The van der Waals surface area contributed by atoms with Crippen LogP contribution in [0, 0.1) is 0 Å². The molecule has 17 heavy (non-hydrogen) atoms. The van der Waals surface area contributed by atoms with Gasteiger partial charge in [-0.3, -0.25) is 4.98 Å². The molecule has 0 N–H and O–H groups in total. The van der Waals surface area contributed by atoms with Gasteiger partial charge in [0.1, 0.15) is 10.6 Å². The Balaban J connectivity index is 0.00000144. The van der Waals surface area contributed by atoms with Crippen LogP contribution in [0.3, 0.4) is 0 Å². The van der Waals surface area contributed by atoms with Gasteiger partial charge in [-0.05, 0) is 24.3 Å².